The molecule has 2 nitrogen and oxygen atoms in total. The fourth-order valence-corrected chi connectivity index (χ4v) is 1.54. The second-order valence-electron chi connectivity index (χ2n) is 4.79. The molecule has 1 aliphatic carbocycles. The summed E-state index contributed by atoms with van der Waals surface area (Å²) in [4.78, 5) is 11.0. The van der Waals surface area contributed by atoms with Crippen molar-refractivity contribution in [1.29, 1.82) is 0 Å². The largest absolute Gasteiger partial charge is 0.380 e. The fraction of sp³-hybridized carbons (Fsp3) is 0.500. The minimum Gasteiger partial charge on any atom is -0.380 e. The van der Waals surface area contributed by atoms with E-state index >= 15 is 0 Å². The van der Waals surface area contributed by atoms with Crippen molar-refractivity contribution < 1.29 is 9.90 Å². The Hall–Kier alpha value is -1.33. The molecule has 0 aromatic rings. The number of aliphatic hydroxyl groups excluding tert-OH is 1. The van der Waals surface area contributed by atoms with Crippen LogP contribution in [0.15, 0.2) is 24.3 Å². The van der Waals surface area contributed by atoms with Crippen LogP contribution in [0.1, 0.15) is 33.1 Å². The molecular formula is C14H18O2. The van der Waals surface area contributed by atoms with Crippen molar-refractivity contribution in [1.82, 2.24) is 0 Å². The van der Waals surface area contributed by atoms with Gasteiger partial charge >= 0.3 is 0 Å². The Balaban J connectivity index is 2.67. The predicted octanol–water partition coefficient (Wildman–Crippen LogP) is 2.24. The molecule has 0 bridgehead atoms. The van der Waals surface area contributed by atoms with E-state index in [1.807, 2.05) is 13.8 Å². The maximum Gasteiger partial charge on any atom is 0.156 e. The Kier molecular flexibility index (Phi) is 4.09. The summed E-state index contributed by atoms with van der Waals surface area (Å²) in [6.07, 6.45) is 4.63. The van der Waals surface area contributed by atoms with E-state index in [4.69, 9.17) is 0 Å². The van der Waals surface area contributed by atoms with Gasteiger partial charge in [-0.3, -0.25) is 4.79 Å². The molecule has 0 saturated carbocycles. The lowest BCUT2D eigenvalue weighted by molar-refractivity contribution is -0.114. The van der Waals surface area contributed by atoms with E-state index in [0.29, 0.717) is 19.3 Å². The standard InChI is InChI=1S/C14H18O2/c1-4-9-14(2,3)13(16)8-6-11-5-7-12(15)10-11/h4,10,13,16H,1,5,7,9H2,2-3H3. The lowest BCUT2D eigenvalue weighted by Crippen LogP contribution is -2.27. The lowest BCUT2D eigenvalue weighted by atomic mass is 9.83. The van der Waals surface area contributed by atoms with E-state index in [1.54, 1.807) is 12.2 Å². The highest BCUT2D eigenvalue weighted by Gasteiger charge is 2.24. The Morgan fingerprint density at radius 2 is 2.31 bits per heavy atom. The van der Waals surface area contributed by atoms with Gasteiger partial charge in [0.15, 0.2) is 5.78 Å². The average Bonchev–Trinajstić information content (AvgIpc) is 2.60. The van der Waals surface area contributed by atoms with Crippen LogP contribution in [0.3, 0.4) is 0 Å². The van der Waals surface area contributed by atoms with Crippen molar-refractivity contribution in [2.45, 2.75) is 39.2 Å². The van der Waals surface area contributed by atoms with Crippen LogP contribution >= 0.6 is 0 Å². The molecule has 0 amide bonds. The van der Waals surface area contributed by atoms with E-state index in [9.17, 15) is 9.90 Å². The Bertz CT molecular complexity index is 377. The van der Waals surface area contributed by atoms with Gasteiger partial charge in [-0.05, 0) is 18.9 Å². The number of allylic oxidation sites excluding steroid dienone is 3. The van der Waals surface area contributed by atoms with E-state index in [0.717, 1.165) is 5.57 Å². The van der Waals surface area contributed by atoms with Crippen LogP contribution in [0.25, 0.3) is 0 Å². The second kappa shape index (κ2) is 5.14. The zero-order valence-electron chi connectivity index (χ0n) is 9.92. The molecule has 2 heteroatoms. The Morgan fingerprint density at radius 1 is 1.62 bits per heavy atom. The highest BCUT2D eigenvalue weighted by Crippen LogP contribution is 2.25. The van der Waals surface area contributed by atoms with Crippen molar-refractivity contribution >= 4 is 5.78 Å². The van der Waals surface area contributed by atoms with Crippen molar-refractivity contribution in [3.63, 3.8) is 0 Å². The van der Waals surface area contributed by atoms with Crippen LogP contribution < -0.4 is 0 Å². The van der Waals surface area contributed by atoms with E-state index in [-0.39, 0.29) is 11.2 Å². The number of hydrogen-bond donors (Lipinski definition) is 1. The molecule has 16 heavy (non-hydrogen) atoms. The molecule has 1 N–H and O–H groups in total. The summed E-state index contributed by atoms with van der Waals surface area (Å²) in [5, 5.41) is 9.90. The number of hydrogen-bond acceptors (Lipinski definition) is 2. The minimum atomic E-state index is -0.692. The maximum absolute atomic E-state index is 11.0. The molecule has 1 unspecified atom stereocenters. The van der Waals surface area contributed by atoms with Gasteiger partial charge in [-0.15, -0.1) is 6.58 Å². The Morgan fingerprint density at radius 3 is 2.81 bits per heavy atom. The molecular weight excluding hydrogens is 200 g/mol. The zero-order valence-corrected chi connectivity index (χ0v) is 9.92. The summed E-state index contributed by atoms with van der Waals surface area (Å²) < 4.78 is 0. The van der Waals surface area contributed by atoms with Crippen molar-refractivity contribution in [3.8, 4) is 11.8 Å². The molecule has 0 aliphatic heterocycles. The summed E-state index contributed by atoms with van der Waals surface area (Å²) in [7, 11) is 0. The second-order valence-corrected chi connectivity index (χ2v) is 4.79. The molecule has 0 heterocycles. The molecule has 0 radical (unpaired) electrons. The molecule has 0 spiro atoms. The number of rotatable bonds is 3. The SMILES string of the molecule is C=CCC(C)(C)C(O)C#CC1=CC(=O)CC1. The van der Waals surface area contributed by atoms with Gasteiger partial charge in [-0.25, -0.2) is 0 Å². The van der Waals surface area contributed by atoms with Crippen LogP contribution in [0.2, 0.25) is 0 Å². The van der Waals surface area contributed by atoms with Gasteiger partial charge in [0.25, 0.3) is 0 Å². The molecule has 0 aromatic heterocycles. The first-order chi connectivity index (χ1) is 7.45. The fourth-order valence-electron chi connectivity index (χ4n) is 1.54. The zero-order chi connectivity index (χ0) is 12.2. The van der Waals surface area contributed by atoms with E-state index < -0.39 is 6.10 Å². The molecule has 1 atom stereocenters. The smallest absolute Gasteiger partial charge is 0.156 e. The first-order valence-electron chi connectivity index (χ1n) is 5.49. The summed E-state index contributed by atoms with van der Waals surface area (Å²) in [5.41, 5.74) is 0.538. The third kappa shape index (κ3) is 3.36. The first kappa shape index (κ1) is 12.7. The highest BCUT2D eigenvalue weighted by atomic mass is 16.3. The van der Waals surface area contributed by atoms with Gasteiger partial charge in [0, 0.05) is 17.4 Å². The van der Waals surface area contributed by atoms with Crippen molar-refractivity contribution in [3.05, 3.63) is 24.3 Å². The predicted molar refractivity (Wildman–Crippen MR) is 64.7 cm³/mol. The summed E-state index contributed by atoms with van der Waals surface area (Å²) in [6.45, 7) is 7.55. The van der Waals surface area contributed by atoms with Crippen molar-refractivity contribution in [2.24, 2.45) is 5.41 Å². The third-order valence-electron chi connectivity index (χ3n) is 2.76. The van der Waals surface area contributed by atoms with Crippen LogP contribution in [-0.4, -0.2) is 17.0 Å². The highest BCUT2D eigenvalue weighted by molar-refractivity contribution is 5.93. The normalized spacial score (nSPS) is 17.4. The van der Waals surface area contributed by atoms with Crippen LogP contribution in [0, 0.1) is 17.3 Å². The molecule has 0 saturated heterocycles. The van der Waals surface area contributed by atoms with Gasteiger partial charge < -0.3 is 5.11 Å². The summed E-state index contributed by atoms with van der Waals surface area (Å²) in [5.74, 6) is 5.82. The molecule has 1 aliphatic rings. The van der Waals surface area contributed by atoms with Gasteiger partial charge in [0.05, 0.1) is 0 Å². The van der Waals surface area contributed by atoms with Crippen LogP contribution in [-0.2, 0) is 4.79 Å². The monoisotopic (exact) mass is 218 g/mol. The average molecular weight is 218 g/mol. The van der Waals surface area contributed by atoms with Gasteiger partial charge in [0.1, 0.15) is 6.10 Å². The van der Waals surface area contributed by atoms with Gasteiger partial charge in [0.2, 0.25) is 0 Å². The van der Waals surface area contributed by atoms with E-state index in [2.05, 4.69) is 18.4 Å². The molecule has 0 aromatic carbocycles. The number of aliphatic hydroxyl groups is 1. The molecule has 86 valence electrons. The number of ketones is 1. The first-order valence-corrected chi connectivity index (χ1v) is 5.49. The van der Waals surface area contributed by atoms with Gasteiger partial charge in [-0.2, -0.15) is 0 Å². The van der Waals surface area contributed by atoms with E-state index in [1.165, 1.54) is 0 Å². The minimum absolute atomic E-state index is 0.129. The number of carbonyl (C=O) groups is 1. The van der Waals surface area contributed by atoms with Crippen molar-refractivity contribution in [2.75, 3.05) is 0 Å². The van der Waals surface area contributed by atoms with Crippen LogP contribution in [0.5, 0.6) is 0 Å². The maximum atomic E-state index is 11.0. The molecule has 1 rings (SSSR count). The number of carbonyl (C=O) groups excluding carboxylic acids is 1. The quantitative estimate of drug-likeness (QED) is 0.582. The molecule has 0 fully saturated rings. The Labute approximate surface area is 97.1 Å². The lowest BCUT2D eigenvalue weighted by Gasteiger charge is -2.25. The topological polar surface area (TPSA) is 37.3 Å². The summed E-state index contributed by atoms with van der Waals surface area (Å²) in [6, 6.07) is 0. The van der Waals surface area contributed by atoms with Crippen LogP contribution in [0.4, 0.5) is 0 Å². The third-order valence-corrected chi connectivity index (χ3v) is 2.76. The summed E-state index contributed by atoms with van der Waals surface area (Å²) >= 11 is 0. The van der Waals surface area contributed by atoms with Gasteiger partial charge in [-0.1, -0.05) is 31.8 Å².